The van der Waals surface area contributed by atoms with Crippen LogP contribution in [0.3, 0.4) is 0 Å². The van der Waals surface area contributed by atoms with E-state index in [9.17, 15) is 4.79 Å². The minimum Gasteiger partial charge on any atom is -0.372 e. The number of unbranched alkanes of at least 4 members (excludes halogenated alkanes) is 1. The molecular formula is C26H35N5O. The summed E-state index contributed by atoms with van der Waals surface area (Å²) >= 11 is 0. The lowest BCUT2D eigenvalue weighted by molar-refractivity contribution is 0.390. The van der Waals surface area contributed by atoms with E-state index in [0.29, 0.717) is 24.1 Å². The van der Waals surface area contributed by atoms with Gasteiger partial charge in [-0.3, -0.25) is 9.36 Å². The lowest BCUT2D eigenvalue weighted by Crippen LogP contribution is -2.29. The summed E-state index contributed by atoms with van der Waals surface area (Å²) in [7, 11) is 0. The molecule has 6 heteroatoms. The average Bonchev–Trinajstić information content (AvgIpc) is 2.84. The van der Waals surface area contributed by atoms with Crippen molar-refractivity contribution in [1.29, 1.82) is 0 Å². The van der Waals surface area contributed by atoms with Crippen LogP contribution in [0.1, 0.15) is 58.8 Å². The largest absolute Gasteiger partial charge is 0.372 e. The van der Waals surface area contributed by atoms with Gasteiger partial charge < -0.3 is 10.2 Å². The minimum absolute atomic E-state index is 0.00276. The Labute approximate surface area is 190 Å². The predicted molar refractivity (Wildman–Crippen MR) is 133 cm³/mol. The fourth-order valence-corrected chi connectivity index (χ4v) is 4.52. The highest BCUT2D eigenvalue weighted by molar-refractivity contribution is 5.75. The molecule has 3 aromatic rings. The van der Waals surface area contributed by atoms with E-state index in [0.717, 1.165) is 37.0 Å². The molecule has 1 fully saturated rings. The van der Waals surface area contributed by atoms with Crippen LogP contribution in [-0.4, -0.2) is 27.6 Å². The van der Waals surface area contributed by atoms with Crippen molar-refractivity contribution < 1.29 is 0 Å². The maximum atomic E-state index is 12.7. The number of piperidine rings is 1. The summed E-state index contributed by atoms with van der Waals surface area (Å²) in [5.74, 6) is 0.996. The summed E-state index contributed by atoms with van der Waals surface area (Å²) in [5.41, 5.74) is 2.92. The van der Waals surface area contributed by atoms with Crippen LogP contribution >= 0.6 is 0 Å². The van der Waals surface area contributed by atoms with E-state index < -0.39 is 0 Å². The van der Waals surface area contributed by atoms with Crippen LogP contribution in [0.15, 0.2) is 47.4 Å². The first-order chi connectivity index (χ1) is 15.7. The topological polar surface area (TPSA) is 63.1 Å². The first kappa shape index (κ1) is 22.3. The molecule has 1 N–H and O–H groups in total. The summed E-state index contributed by atoms with van der Waals surface area (Å²) in [6.45, 7) is 7.38. The van der Waals surface area contributed by atoms with Crippen molar-refractivity contribution >= 4 is 28.4 Å². The molecule has 6 nitrogen and oxygen atoms in total. The molecule has 1 saturated heterocycles. The maximum absolute atomic E-state index is 12.7. The fraction of sp³-hybridized carbons (Fsp3) is 0.500. The number of benzene rings is 1. The highest BCUT2D eigenvalue weighted by atomic mass is 16.1. The number of fused-ring (bicyclic) bond motifs is 1. The molecule has 0 spiro atoms. The summed E-state index contributed by atoms with van der Waals surface area (Å²) in [4.78, 5) is 24.4. The standard InChI is InChI=1S/C26H35N5O/c1-3-5-9-20(4-2)19-31-24(32)15-10-21-18-27-26(29-25(21)31)28-22-11-13-23(14-12-22)30-16-7-6-8-17-30/h10-15,18,20H,3-9,16-17,19H2,1-2H3,(H,27,28,29). The van der Waals surface area contributed by atoms with Gasteiger partial charge in [-0.05, 0) is 61.9 Å². The van der Waals surface area contributed by atoms with Crippen molar-refractivity contribution in [2.75, 3.05) is 23.3 Å². The second-order valence-corrected chi connectivity index (χ2v) is 8.89. The summed E-state index contributed by atoms with van der Waals surface area (Å²) in [6, 6.07) is 11.9. The van der Waals surface area contributed by atoms with Gasteiger partial charge in [0.25, 0.3) is 5.56 Å². The van der Waals surface area contributed by atoms with Gasteiger partial charge in [0.1, 0.15) is 5.65 Å². The van der Waals surface area contributed by atoms with Crippen LogP contribution in [0.25, 0.3) is 11.0 Å². The number of anilines is 3. The summed E-state index contributed by atoms with van der Waals surface area (Å²) in [5, 5.41) is 4.21. The van der Waals surface area contributed by atoms with Crippen LogP contribution in [0.2, 0.25) is 0 Å². The summed E-state index contributed by atoms with van der Waals surface area (Å²) in [6.07, 6.45) is 10.2. The van der Waals surface area contributed by atoms with Gasteiger partial charge in [-0.2, -0.15) is 4.98 Å². The van der Waals surface area contributed by atoms with Gasteiger partial charge in [0.15, 0.2) is 0 Å². The highest BCUT2D eigenvalue weighted by Gasteiger charge is 2.13. The molecule has 2 aromatic heterocycles. The van der Waals surface area contributed by atoms with E-state index >= 15 is 0 Å². The number of hydrogen-bond acceptors (Lipinski definition) is 5. The Kier molecular flexibility index (Phi) is 7.40. The zero-order chi connectivity index (χ0) is 22.3. The average molecular weight is 434 g/mol. The maximum Gasteiger partial charge on any atom is 0.252 e. The van der Waals surface area contributed by atoms with Gasteiger partial charge in [-0.15, -0.1) is 0 Å². The van der Waals surface area contributed by atoms with Gasteiger partial charge in [-0.25, -0.2) is 4.98 Å². The molecular weight excluding hydrogens is 398 g/mol. The molecule has 0 saturated carbocycles. The number of hydrogen-bond donors (Lipinski definition) is 1. The van der Waals surface area contributed by atoms with E-state index in [1.807, 2.05) is 10.6 Å². The normalized spacial score (nSPS) is 15.1. The number of nitrogens with one attached hydrogen (secondary N) is 1. The van der Waals surface area contributed by atoms with E-state index in [1.165, 1.54) is 37.8 Å². The van der Waals surface area contributed by atoms with E-state index in [1.54, 1.807) is 12.3 Å². The number of rotatable bonds is 9. The molecule has 1 aromatic carbocycles. The third-order valence-electron chi connectivity index (χ3n) is 6.55. The Morgan fingerprint density at radius 3 is 2.53 bits per heavy atom. The Balaban J connectivity index is 1.55. The minimum atomic E-state index is 0.00276. The smallest absolute Gasteiger partial charge is 0.252 e. The Morgan fingerprint density at radius 1 is 1.03 bits per heavy atom. The second kappa shape index (κ2) is 10.6. The molecule has 3 heterocycles. The molecule has 1 atom stereocenters. The van der Waals surface area contributed by atoms with Crippen molar-refractivity contribution in [3.63, 3.8) is 0 Å². The number of pyridine rings is 1. The van der Waals surface area contributed by atoms with Crippen LogP contribution in [0, 0.1) is 5.92 Å². The van der Waals surface area contributed by atoms with Crippen molar-refractivity contribution in [3.8, 4) is 0 Å². The first-order valence-electron chi connectivity index (χ1n) is 12.2. The zero-order valence-corrected chi connectivity index (χ0v) is 19.4. The zero-order valence-electron chi connectivity index (χ0n) is 19.4. The third kappa shape index (κ3) is 5.29. The third-order valence-corrected chi connectivity index (χ3v) is 6.55. The summed E-state index contributed by atoms with van der Waals surface area (Å²) < 4.78 is 1.82. The van der Waals surface area contributed by atoms with Crippen molar-refractivity contribution in [3.05, 3.63) is 52.9 Å². The molecule has 0 amide bonds. The predicted octanol–water partition coefficient (Wildman–Crippen LogP) is 5.74. The SMILES string of the molecule is CCCCC(CC)Cn1c(=O)ccc2cnc(Nc3ccc(N4CCCCC4)cc3)nc21. The van der Waals surface area contributed by atoms with Crippen LogP contribution in [-0.2, 0) is 6.54 Å². The molecule has 0 aliphatic carbocycles. The van der Waals surface area contributed by atoms with Crippen LogP contribution in [0.5, 0.6) is 0 Å². The number of aromatic nitrogens is 3. The van der Waals surface area contributed by atoms with Crippen LogP contribution < -0.4 is 15.8 Å². The molecule has 4 rings (SSSR count). The van der Waals surface area contributed by atoms with Gasteiger partial charge in [0.2, 0.25) is 5.95 Å². The van der Waals surface area contributed by atoms with Crippen molar-refractivity contribution in [2.24, 2.45) is 5.92 Å². The lowest BCUT2D eigenvalue weighted by atomic mass is 9.99. The Morgan fingerprint density at radius 2 is 1.81 bits per heavy atom. The van der Waals surface area contributed by atoms with Gasteiger partial charge in [0.05, 0.1) is 0 Å². The molecule has 170 valence electrons. The van der Waals surface area contributed by atoms with Crippen molar-refractivity contribution in [1.82, 2.24) is 14.5 Å². The van der Waals surface area contributed by atoms with E-state index in [4.69, 9.17) is 4.98 Å². The van der Waals surface area contributed by atoms with Gasteiger partial charge in [0, 0.05) is 48.7 Å². The molecule has 32 heavy (non-hydrogen) atoms. The van der Waals surface area contributed by atoms with E-state index in [2.05, 4.69) is 53.3 Å². The van der Waals surface area contributed by atoms with Gasteiger partial charge in [-0.1, -0.05) is 33.1 Å². The highest BCUT2D eigenvalue weighted by Crippen LogP contribution is 2.24. The Bertz CT molecular complexity index is 1070. The first-order valence-corrected chi connectivity index (χ1v) is 12.2. The molecule has 1 aliphatic heterocycles. The lowest BCUT2D eigenvalue weighted by Gasteiger charge is -2.28. The fourth-order valence-electron chi connectivity index (χ4n) is 4.52. The Hall–Kier alpha value is -2.89. The van der Waals surface area contributed by atoms with Crippen molar-refractivity contribution in [2.45, 2.75) is 65.3 Å². The molecule has 0 bridgehead atoms. The van der Waals surface area contributed by atoms with Crippen LogP contribution in [0.4, 0.5) is 17.3 Å². The molecule has 0 radical (unpaired) electrons. The molecule has 1 unspecified atom stereocenters. The van der Waals surface area contributed by atoms with Gasteiger partial charge >= 0.3 is 0 Å². The molecule has 1 aliphatic rings. The monoisotopic (exact) mass is 433 g/mol. The second-order valence-electron chi connectivity index (χ2n) is 8.89. The van der Waals surface area contributed by atoms with E-state index in [-0.39, 0.29) is 5.56 Å². The quantitative estimate of drug-likeness (QED) is 0.466. The number of nitrogens with zero attached hydrogens (tertiary/aromatic N) is 4.